The molecule has 104 valence electrons. The van der Waals surface area contributed by atoms with E-state index in [1.54, 1.807) is 0 Å². The highest BCUT2D eigenvalue weighted by Gasteiger charge is 2.27. The molecule has 0 spiro atoms. The lowest BCUT2D eigenvalue weighted by atomic mass is 9.76. The Morgan fingerprint density at radius 3 is 2.67 bits per heavy atom. The van der Waals surface area contributed by atoms with Crippen LogP contribution in [0.25, 0.3) is 0 Å². The fraction of sp³-hybridized carbons (Fsp3) is 0.875. The van der Waals surface area contributed by atoms with Crippen molar-refractivity contribution in [2.45, 2.75) is 59.0 Å². The molecule has 0 radical (unpaired) electrons. The summed E-state index contributed by atoms with van der Waals surface area (Å²) in [7, 11) is 0. The highest BCUT2D eigenvalue weighted by atomic mass is 16.5. The molecule has 1 aliphatic heterocycles. The second-order valence-electron chi connectivity index (χ2n) is 6.87. The van der Waals surface area contributed by atoms with Crippen molar-refractivity contribution in [3.63, 3.8) is 0 Å². The summed E-state index contributed by atoms with van der Waals surface area (Å²) in [5.74, 6) is 0. The van der Waals surface area contributed by atoms with Crippen LogP contribution in [0, 0.1) is 5.41 Å². The Morgan fingerprint density at radius 1 is 1.28 bits per heavy atom. The first-order chi connectivity index (χ1) is 8.55. The number of rotatable bonds is 4. The van der Waals surface area contributed by atoms with Gasteiger partial charge in [-0.25, -0.2) is 0 Å². The number of likely N-dealkylation sites (tertiary alicyclic amines) is 1. The van der Waals surface area contributed by atoms with Crippen LogP contribution in [-0.4, -0.2) is 37.2 Å². The third-order valence-corrected chi connectivity index (χ3v) is 4.17. The van der Waals surface area contributed by atoms with E-state index < -0.39 is 0 Å². The second-order valence-corrected chi connectivity index (χ2v) is 6.87. The van der Waals surface area contributed by atoms with Crippen molar-refractivity contribution in [1.29, 1.82) is 0 Å². The molecule has 1 heterocycles. The van der Waals surface area contributed by atoms with Crippen molar-refractivity contribution in [2.75, 3.05) is 26.2 Å². The van der Waals surface area contributed by atoms with Crippen LogP contribution in [0.4, 0.5) is 0 Å². The van der Waals surface area contributed by atoms with E-state index in [4.69, 9.17) is 4.74 Å². The van der Waals surface area contributed by atoms with Gasteiger partial charge in [0.15, 0.2) is 0 Å². The molecule has 0 bridgehead atoms. The first-order valence-corrected chi connectivity index (χ1v) is 7.56. The van der Waals surface area contributed by atoms with Gasteiger partial charge >= 0.3 is 0 Å². The van der Waals surface area contributed by atoms with Crippen LogP contribution in [0.3, 0.4) is 0 Å². The predicted octanol–water partition coefficient (Wildman–Crippen LogP) is 3.62. The molecule has 0 aromatic heterocycles. The van der Waals surface area contributed by atoms with E-state index in [2.05, 4.69) is 31.7 Å². The van der Waals surface area contributed by atoms with Crippen molar-refractivity contribution >= 4 is 0 Å². The zero-order valence-electron chi connectivity index (χ0n) is 12.4. The summed E-state index contributed by atoms with van der Waals surface area (Å²) < 4.78 is 6.07. The Kier molecular flexibility index (Phi) is 4.85. The Morgan fingerprint density at radius 2 is 2.00 bits per heavy atom. The van der Waals surface area contributed by atoms with E-state index in [1.807, 2.05) is 0 Å². The fourth-order valence-corrected chi connectivity index (χ4v) is 3.43. The molecule has 2 aliphatic rings. The van der Waals surface area contributed by atoms with Gasteiger partial charge < -0.3 is 9.64 Å². The summed E-state index contributed by atoms with van der Waals surface area (Å²) in [5, 5.41) is 0. The molecule has 0 amide bonds. The summed E-state index contributed by atoms with van der Waals surface area (Å²) in [6, 6.07) is 0. The van der Waals surface area contributed by atoms with Crippen LogP contribution >= 0.6 is 0 Å². The summed E-state index contributed by atoms with van der Waals surface area (Å²) in [4.78, 5) is 2.55. The predicted molar refractivity (Wildman–Crippen MR) is 76.8 cm³/mol. The number of ether oxygens (including phenoxy) is 1. The number of hydrogen-bond donors (Lipinski definition) is 0. The first kappa shape index (κ1) is 14.1. The average molecular weight is 251 g/mol. The summed E-state index contributed by atoms with van der Waals surface area (Å²) in [5.41, 5.74) is 1.91. The van der Waals surface area contributed by atoms with E-state index in [-0.39, 0.29) is 0 Å². The van der Waals surface area contributed by atoms with Crippen LogP contribution in [0.15, 0.2) is 11.6 Å². The van der Waals surface area contributed by atoms with Crippen LogP contribution in [-0.2, 0) is 4.74 Å². The number of hydrogen-bond acceptors (Lipinski definition) is 2. The zero-order chi connectivity index (χ0) is 13.0. The number of allylic oxidation sites excluding steroid dienone is 1. The van der Waals surface area contributed by atoms with Gasteiger partial charge in [0, 0.05) is 6.54 Å². The van der Waals surface area contributed by atoms with E-state index in [1.165, 1.54) is 50.8 Å². The van der Waals surface area contributed by atoms with Gasteiger partial charge in [-0.05, 0) is 51.1 Å². The lowest BCUT2D eigenvalue weighted by molar-refractivity contribution is 0.0298. The van der Waals surface area contributed by atoms with Gasteiger partial charge in [-0.1, -0.05) is 31.9 Å². The molecular formula is C16H29NO. The Labute approximate surface area is 112 Å². The Bertz CT molecular complexity index is 289. The molecule has 2 rings (SSSR count). The first-order valence-electron chi connectivity index (χ1n) is 7.56. The molecule has 1 saturated heterocycles. The van der Waals surface area contributed by atoms with Crippen LogP contribution in [0.5, 0.6) is 0 Å². The molecule has 0 aromatic carbocycles. The monoisotopic (exact) mass is 251 g/mol. The van der Waals surface area contributed by atoms with Gasteiger partial charge in [0.25, 0.3) is 0 Å². The van der Waals surface area contributed by atoms with E-state index in [0.29, 0.717) is 11.5 Å². The molecular weight excluding hydrogens is 222 g/mol. The molecule has 1 unspecified atom stereocenters. The minimum atomic E-state index is 0.346. The van der Waals surface area contributed by atoms with Gasteiger partial charge in [0.2, 0.25) is 0 Å². The summed E-state index contributed by atoms with van der Waals surface area (Å²) in [6.07, 6.45) is 9.23. The van der Waals surface area contributed by atoms with Crippen molar-refractivity contribution in [3.05, 3.63) is 11.6 Å². The van der Waals surface area contributed by atoms with Crippen molar-refractivity contribution < 1.29 is 4.74 Å². The smallest absolute Gasteiger partial charge is 0.0764 e. The van der Waals surface area contributed by atoms with Gasteiger partial charge in [-0.15, -0.1) is 0 Å². The van der Waals surface area contributed by atoms with Crippen LogP contribution < -0.4 is 0 Å². The Balaban J connectivity index is 1.71. The largest absolute Gasteiger partial charge is 0.373 e. The minimum Gasteiger partial charge on any atom is -0.373 e. The van der Waals surface area contributed by atoms with Crippen LogP contribution in [0.1, 0.15) is 52.9 Å². The SMILES string of the molecule is CC1=CC(OCCN2CCCCC2)CC(C)(C)C1. The molecule has 0 saturated carbocycles. The molecule has 1 aliphatic carbocycles. The average Bonchev–Trinajstić information content (AvgIpc) is 2.27. The zero-order valence-corrected chi connectivity index (χ0v) is 12.4. The quantitative estimate of drug-likeness (QED) is 0.708. The number of nitrogens with zero attached hydrogens (tertiary/aromatic N) is 1. The van der Waals surface area contributed by atoms with E-state index in [9.17, 15) is 0 Å². The maximum Gasteiger partial charge on any atom is 0.0764 e. The van der Waals surface area contributed by atoms with Gasteiger partial charge in [0.1, 0.15) is 0 Å². The highest BCUT2D eigenvalue weighted by molar-refractivity contribution is 5.10. The highest BCUT2D eigenvalue weighted by Crippen LogP contribution is 2.36. The maximum atomic E-state index is 6.07. The lowest BCUT2D eigenvalue weighted by Gasteiger charge is -2.34. The van der Waals surface area contributed by atoms with E-state index in [0.717, 1.165) is 13.2 Å². The molecule has 0 N–H and O–H groups in total. The van der Waals surface area contributed by atoms with Gasteiger partial charge in [0.05, 0.1) is 12.7 Å². The fourth-order valence-electron chi connectivity index (χ4n) is 3.43. The van der Waals surface area contributed by atoms with Crippen molar-refractivity contribution in [1.82, 2.24) is 4.90 Å². The topological polar surface area (TPSA) is 12.5 Å². The molecule has 1 fully saturated rings. The third-order valence-electron chi connectivity index (χ3n) is 4.17. The Hall–Kier alpha value is -0.340. The minimum absolute atomic E-state index is 0.346. The number of piperidine rings is 1. The summed E-state index contributed by atoms with van der Waals surface area (Å²) in [6.45, 7) is 11.5. The lowest BCUT2D eigenvalue weighted by Crippen LogP contribution is -2.34. The summed E-state index contributed by atoms with van der Waals surface area (Å²) >= 11 is 0. The maximum absolute atomic E-state index is 6.07. The van der Waals surface area contributed by atoms with Crippen molar-refractivity contribution in [3.8, 4) is 0 Å². The standard InChI is InChI=1S/C16H29NO/c1-14-11-15(13-16(2,3)12-14)18-10-9-17-7-5-4-6-8-17/h11,15H,4-10,12-13H2,1-3H3. The molecule has 0 aromatic rings. The van der Waals surface area contributed by atoms with Crippen molar-refractivity contribution in [2.24, 2.45) is 5.41 Å². The molecule has 2 heteroatoms. The second kappa shape index (κ2) is 6.21. The van der Waals surface area contributed by atoms with Crippen LogP contribution in [0.2, 0.25) is 0 Å². The third kappa shape index (κ3) is 4.40. The van der Waals surface area contributed by atoms with E-state index >= 15 is 0 Å². The molecule has 2 nitrogen and oxygen atoms in total. The normalized spacial score (nSPS) is 29.1. The van der Waals surface area contributed by atoms with Gasteiger partial charge in [-0.2, -0.15) is 0 Å². The molecule has 1 atom stereocenters. The van der Waals surface area contributed by atoms with Gasteiger partial charge in [-0.3, -0.25) is 0 Å². The molecule has 18 heavy (non-hydrogen) atoms.